The van der Waals surface area contributed by atoms with Crippen LogP contribution in [0, 0.1) is 5.82 Å². The van der Waals surface area contributed by atoms with E-state index in [-0.39, 0.29) is 18.0 Å². The van der Waals surface area contributed by atoms with Crippen LogP contribution in [0.2, 0.25) is 0 Å². The van der Waals surface area contributed by atoms with Gasteiger partial charge in [-0.2, -0.15) is 0 Å². The molecule has 3 rings (SSSR count). The van der Waals surface area contributed by atoms with Crippen LogP contribution in [0.4, 0.5) is 20.7 Å². The highest BCUT2D eigenvalue weighted by atomic mass is 19.1. The van der Waals surface area contributed by atoms with Crippen LogP contribution in [0.25, 0.3) is 0 Å². The first kappa shape index (κ1) is 19.6. The van der Waals surface area contributed by atoms with E-state index in [1.165, 1.54) is 24.3 Å². The summed E-state index contributed by atoms with van der Waals surface area (Å²) in [6.07, 6.45) is 3.03. The lowest BCUT2D eigenvalue weighted by atomic mass is 10.1. The lowest BCUT2D eigenvalue weighted by molar-refractivity contribution is 0.0981. The van der Waals surface area contributed by atoms with Crippen molar-refractivity contribution in [2.45, 2.75) is 25.8 Å². The van der Waals surface area contributed by atoms with Gasteiger partial charge in [-0.3, -0.25) is 4.79 Å². The van der Waals surface area contributed by atoms with Crippen molar-refractivity contribution in [1.29, 1.82) is 0 Å². The zero-order valence-electron chi connectivity index (χ0n) is 15.7. The van der Waals surface area contributed by atoms with Gasteiger partial charge in [-0.25, -0.2) is 14.2 Å². The molecule has 2 N–H and O–H groups in total. The van der Waals surface area contributed by atoms with Crippen LogP contribution in [0.1, 0.15) is 30.1 Å². The highest BCUT2D eigenvalue weighted by molar-refractivity contribution is 6.03. The molecule has 1 aromatic heterocycles. The molecule has 0 aliphatic carbocycles. The fourth-order valence-corrected chi connectivity index (χ4v) is 3.00. The van der Waals surface area contributed by atoms with E-state index in [1.54, 1.807) is 24.1 Å². The van der Waals surface area contributed by atoms with E-state index in [4.69, 9.17) is 4.74 Å². The minimum atomic E-state index is -0.391. The van der Waals surface area contributed by atoms with E-state index in [9.17, 15) is 14.0 Å². The Labute approximate surface area is 162 Å². The van der Waals surface area contributed by atoms with Crippen molar-refractivity contribution < 1.29 is 18.7 Å². The second-order valence-electron chi connectivity index (χ2n) is 6.50. The van der Waals surface area contributed by atoms with Crippen molar-refractivity contribution in [3.8, 4) is 0 Å². The average molecular weight is 386 g/mol. The van der Waals surface area contributed by atoms with Gasteiger partial charge in [-0.1, -0.05) is 0 Å². The summed E-state index contributed by atoms with van der Waals surface area (Å²) in [5, 5.41) is 6.08. The maximum Gasteiger partial charge on any atom is 0.409 e. The number of pyridine rings is 1. The van der Waals surface area contributed by atoms with Crippen molar-refractivity contribution in [2.75, 3.05) is 30.3 Å². The number of likely N-dealkylation sites (tertiary alicyclic amines) is 1. The number of halogens is 1. The third-order valence-corrected chi connectivity index (χ3v) is 4.50. The predicted octanol–water partition coefficient (Wildman–Crippen LogP) is 3.51. The molecular weight excluding hydrogens is 363 g/mol. The summed E-state index contributed by atoms with van der Waals surface area (Å²) in [6.45, 7) is 3.48. The monoisotopic (exact) mass is 386 g/mol. The minimum Gasteiger partial charge on any atom is -0.450 e. The van der Waals surface area contributed by atoms with Crippen LogP contribution in [-0.2, 0) is 4.74 Å². The molecule has 1 aromatic carbocycles. The van der Waals surface area contributed by atoms with Gasteiger partial charge >= 0.3 is 6.09 Å². The third kappa shape index (κ3) is 5.18. The van der Waals surface area contributed by atoms with Gasteiger partial charge in [0.25, 0.3) is 5.91 Å². The number of piperidine rings is 1. The topological polar surface area (TPSA) is 83.6 Å². The van der Waals surface area contributed by atoms with Gasteiger partial charge in [0.05, 0.1) is 18.5 Å². The standard InChI is InChI=1S/C20H23FN4O3/c1-2-28-20(27)25-11-9-16(10-12-25)23-17-7-8-18(22-13-17)24-19(26)14-3-5-15(21)6-4-14/h3-8,13,16,23H,2,9-12H2,1H3,(H,22,24,26). The van der Waals surface area contributed by atoms with Crippen molar-refractivity contribution in [3.05, 3.63) is 54.0 Å². The number of carbonyl (C=O) groups excluding carboxylic acids is 2. The molecule has 1 saturated heterocycles. The van der Waals surface area contributed by atoms with Gasteiger partial charge in [-0.15, -0.1) is 0 Å². The number of hydrogen-bond donors (Lipinski definition) is 2. The number of benzene rings is 1. The average Bonchev–Trinajstić information content (AvgIpc) is 2.70. The number of carbonyl (C=O) groups is 2. The van der Waals surface area contributed by atoms with E-state index in [2.05, 4.69) is 15.6 Å². The van der Waals surface area contributed by atoms with Crippen LogP contribution in [-0.4, -0.2) is 47.6 Å². The molecule has 8 heteroatoms. The molecule has 2 aromatic rings. The van der Waals surface area contributed by atoms with Crippen LogP contribution in [0.15, 0.2) is 42.6 Å². The molecule has 1 aliphatic heterocycles. The van der Waals surface area contributed by atoms with E-state index < -0.39 is 5.82 Å². The van der Waals surface area contributed by atoms with Crippen LogP contribution in [0.3, 0.4) is 0 Å². The van der Waals surface area contributed by atoms with Crippen molar-refractivity contribution in [3.63, 3.8) is 0 Å². The smallest absolute Gasteiger partial charge is 0.409 e. The Bertz CT molecular complexity index is 803. The van der Waals surface area contributed by atoms with Gasteiger partial charge in [0.15, 0.2) is 0 Å². The number of hydrogen-bond acceptors (Lipinski definition) is 5. The quantitative estimate of drug-likeness (QED) is 0.822. The SMILES string of the molecule is CCOC(=O)N1CCC(Nc2ccc(NC(=O)c3ccc(F)cc3)nc2)CC1. The molecule has 0 bridgehead atoms. The number of rotatable bonds is 5. The predicted molar refractivity (Wildman–Crippen MR) is 104 cm³/mol. The Balaban J connectivity index is 1.49. The van der Waals surface area contributed by atoms with Crippen LogP contribution >= 0.6 is 0 Å². The Morgan fingerprint density at radius 1 is 1.18 bits per heavy atom. The normalized spacial score (nSPS) is 14.4. The molecule has 0 saturated carbocycles. The maximum atomic E-state index is 12.9. The van der Waals surface area contributed by atoms with E-state index >= 15 is 0 Å². The summed E-state index contributed by atoms with van der Waals surface area (Å²) in [5.41, 5.74) is 1.20. The number of aromatic nitrogens is 1. The van der Waals surface area contributed by atoms with E-state index in [1.807, 2.05) is 6.07 Å². The fourth-order valence-electron chi connectivity index (χ4n) is 3.00. The molecule has 148 valence electrons. The molecule has 2 heterocycles. The second kappa shape index (κ2) is 9.16. The highest BCUT2D eigenvalue weighted by Crippen LogP contribution is 2.18. The minimum absolute atomic E-state index is 0.243. The first-order valence-electron chi connectivity index (χ1n) is 9.26. The molecular formula is C20H23FN4O3. The lowest BCUT2D eigenvalue weighted by Gasteiger charge is -2.32. The molecule has 0 radical (unpaired) electrons. The summed E-state index contributed by atoms with van der Waals surface area (Å²) >= 11 is 0. The Morgan fingerprint density at radius 2 is 1.89 bits per heavy atom. The van der Waals surface area contributed by atoms with Gasteiger partial charge < -0.3 is 20.3 Å². The summed E-state index contributed by atoms with van der Waals surface area (Å²) in [7, 11) is 0. The Hall–Kier alpha value is -3.16. The number of ether oxygens (including phenoxy) is 1. The number of nitrogens with one attached hydrogen (secondary N) is 2. The van der Waals surface area contributed by atoms with Crippen LogP contribution in [0.5, 0.6) is 0 Å². The maximum absolute atomic E-state index is 12.9. The zero-order valence-corrected chi connectivity index (χ0v) is 15.7. The number of anilines is 2. The number of nitrogens with zero attached hydrogens (tertiary/aromatic N) is 2. The van der Waals surface area contributed by atoms with Gasteiger partial charge in [0.1, 0.15) is 11.6 Å². The molecule has 0 unspecified atom stereocenters. The van der Waals surface area contributed by atoms with Crippen LogP contribution < -0.4 is 10.6 Å². The van der Waals surface area contributed by atoms with Crippen molar-refractivity contribution in [1.82, 2.24) is 9.88 Å². The fraction of sp³-hybridized carbons (Fsp3) is 0.350. The van der Waals surface area contributed by atoms with Gasteiger partial charge in [-0.05, 0) is 56.2 Å². The van der Waals surface area contributed by atoms with Crippen molar-refractivity contribution >= 4 is 23.5 Å². The Kier molecular flexibility index (Phi) is 6.41. The molecule has 28 heavy (non-hydrogen) atoms. The molecule has 7 nitrogen and oxygen atoms in total. The zero-order chi connectivity index (χ0) is 19.9. The largest absolute Gasteiger partial charge is 0.450 e. The summed E-state index contributed by atoms with van der Waals surface area (Å²) < 4.78 is 18.0. The second-order valence-corrected chi connectivity index (χ2v) is 6.50. The molecule has 1 aliphatic rings. The third-order valence-electron chi connectivity index (χ3n) is 4.50. The number of amides is 2. The van der Waals surface area contributed by atoms with Gasteiger partial charge in [0, 0.05) is 24.7 Å². The van der Waals surface area contributed by atoms with Gasteiger partial charge in [0.2, 0.25) is 0 Å². The Morgan fingerprint density at radius 3 is 2.50 bits per heavy atom. The summed E-state index contributed by atoms with van der Waals surface area (Å²) in [5.74, 6) is -0.324. The highest BCUT2D eigenvalue weighted by Gasteiger charge is 2.23. The van der Waals surface area contributed by atoms with E-state index in [0.29, 0.717) is 31.1 Å². The molecule has 1 fully saturated rings. The summed E-state index contributed by atoms with van der Waals surface area (Å²) in [4.78, 5) is 29.8. The lowest BCUT2D eigenvalue weighted by Crippen LogP contribution is -2.42. The molecule has 2 amide bonds. The molecule has 0 spiro atoms. The van der Waals surface area contributed by atoms with Crippen molar-refractivity contribution in [2.24, 2.45) is 0 Å². The first-order chi connectivity index (χ1) is 13.5. The summed E-state index contributed by atoms with van der Waals surface area (Å²) in [6, 6.07) is 9.10. The molecule has 0 atom stereocenters. The van der Waals surface area contributed by atoms with E-state index in [0.717, 1.165) is 18.5 Å². The first-order valence-corrected chi connectivity index (χ1v) is 9.26.